The molecule has 0 spiro atoms. The highest BCUT2D eigenvalue weighted by molar-refractivity contribution is 7.90. The monoisotopic (exact) mass is 437 g/mol. The van der Waals surface area contributed by atoms with E-state index in [-0.39, 0.29) is 36.6 Å². The zero-order valence-electron chi connectivity index (χ0n) is 18.2. The van der Waals surface area contributed by atoms with Crippen LogP contribution in [-0.2, 0) is 14.8 Å². The van der Waals surface area contributed by atoms with Gasteiger partial charge >= 0.3 is 0 Å². The number of sulfonamides is 1. The first-order valence-corrected chi connectivity index (χ1v) is 11.6. The molecule has 0 aliphatic carbocycles. The number of amides is 3. The van der Waals surface area contributed by atoms with Crippen molar-refractivity contribution in [3.63, 3.8) is 0 Å². The molecule has 0 atom stereocenters. The van der Waals surface area contributed by atoms with Crippen molar-refractivity contribution in [2.75, 3.05) is 18.4 Å². The lowest BCUT2D eigenvalue weighted by atomic mass is 10.1. The molecule has 0 saturated carbocycles. The molecule has 2 N–H and O–H groups in total. The Labute approximate surface area is 178 Å². The molecule has 2 rings (SSSR count). The van der Waals surface area contributed by atoms with Crippen LogP contribution < -0.4 is 10.0 Å². The lowest BCUT2D eigenvalue weighted by Crippen LogP contribution is -2.39. The number of imide groups is 1. The summed E-state index contributed by atoms with van der Waals surface area (Å²) in [6.07, 6.45) is 1.27. The second-order valence-corrected chi connectivity index (χ2v) is 11.4. The van der Waals surface area contributed by atoms with Crippen LogP contribution in [0.15, 0.2) is 18.2 Å². The molecule has 1 aromatic carbocycles. The van der Waals surface area contributed by atoms with Crippen LogP contribution in [0.2, 0.25) is 0 Å². The zero-order valence-corrected chi connectivity index (χ0v) is 19.1. The van der Waals surface area contributed by atoms with Crippen LogP contribution >= 0.6 is 0 Å². The lowest BCUT2D eigenvalue weighted by molar-refractivity contribution is -0.116. The van der Waals surface area contributed by atoms with Gasteiger partial charge in [-0.1, -0.05) is 13.8 Å². The Morgan fingerprint density at radius 2 is 1.70 bits per heavy atom. The second kappa shape index (κ2) is 9.26. The van der Waals surface area contributed by atoms with Gasteiger partial charge in [0.15, 0.2) is 0 Å². The van der Waals surface area contributed by atoms with Gasteiger partial charge in [-0.2, -0.15) is 0 Å². The van der Waals surface area contributed by atoms with E-state index in [0.29, 0.717) is 36.2 Å². The van der Waals surface area contributed by atoms with E-state index >= 15 is 0 Å². The number of anilines is 1. The Morgan fingerprint density at radius 3 is 2.30 bits per heavy atom. The Kier molecular flexibility index (Phi) is 7.41. The Bertz CT molecular complexity index is 932. The molecule has 8 nitrogen and oxygen atoms in total. The van der Waals surface area contributed by atoms with Crippen LogP contribution in [0.3, 0.4) is 0 Å². The average Bonchev–Trinajstić information content (AvgIpc) is 2.84. The van der Waals surface area contributed by atoms with E-state index in [1.165, 1.54) is 11.0 Å². The van der Waals surface area contributed by atoms with Crippen LogP contribution in [0.5, 0.6) is 0 Å². The summed E-state index contributed by atoms with van der Waals surface area (Å²) in [5.74, 6) is -0.714. The smallest absolute Gasteiger partial charge is 0.261 e. The van der Waals surface area contributed by atoms with Crippen molar-refractivity contribution in [3.05, 3.63) is 29.3 Å². The number of hydrogen-bond acceptors (Lipinski definition) is 5. The molecule has 1 aromatic rings. The van der Waals surface area contributed by atoms with Crippen molar-refractivity contribution in [1.29, 1.82) is 0 Å². The van der Waals surface area contributed by atoms with Crippen LogP contribution in [-0.4, -0.2) is 48.9 Å². The minimum absolute atomic E-state index is 0.166. The van der Waals surface area contributed by atoms with Crippen LogP contribution in [0, 0.1) is 5.92 Å². The highest BCUT2D eigenvalue weighted by Gasteiger charge is 2.35. The maximum atomic E-state index is 12.5. The fourth-order valence-electron chi connectivity index (χ4n) is 2.96. The van der Waals surface area contributed by atoms with Crippen molar-refractivity contribution in [3.8, 4) is 0 Å². The molecule has 3 amide bonds. The third-order valence-corrected chi connectivity index (χ3v) is 6.93. The summed E-state index contributed by atoms with van der Waals surface area (Å²) >= 11 is 0. The van der Waals surface area contributed by atoms with Gasteiger partial charge in [-0.3, -0.25) is 19.3 Å². The van der Waals surface area contributed by atoms with Crippen molar-refractivity contribution < 1.29 is 22.8 Å². The lowest BCUT2D eigenvalue weighted by Gasteiger charge is -2.19. The number of benzene rings is 1. The number of carbonyl (C=O) groups excluding carboxylic acids is 3. The molecule has 1 heterocycles. The Morgan fingerprint density at radius 1 is 1.07 bits per heavy atom. The van der Waals surface area contributed by atoms with Crippen molar-refractivity contribution in [1.82, 2.24) is 9.62 Å². The summed E-state index contributed by atoms with van der Waals surface area (Å²) in [6.45, 7) is 9.37. The van der Waals surface area contributed by atoms with E-state index in [1.807, 2.05) is 13.8 Å². The summed E-state index contributed by atoms with van der Waals surface area (Å²) in [5.41, 5.74) is 1.11. The first kappa shape index (κ1) is 24.0. The highest BCUT2D eigenvalue weighted by Crippen LogP contribution is 2.26. The van der Waals surface area contributed by atoms with Gasteiger partial charge in [0.25, 0.3) is 11.8 Å². The highest BCUT2D eigenvalue weighted by atomic mass is 32.2. The number of rotatable bonds is 9. The fourth-order valence-corrected chi connectivity index (χ4v) is 3.80. The Hall–Kier alpha value is -2.26. The predicted octanol–water partition coefficient (Wildman–Crippen LogP) is 2.77. The molecule has 1 aliphatic heterocycles. The zero-order chi connectivity index (χ0) is 22.7. The molecule has 0 aromatic heterocycles. The van der Waals surface area contributed by atoms with Crippen LogP contribution in [0.4, 0.5) is 5.69 Å². The first-order valence-electron chi connectivity index (χ1n) is 10.1. The van der Waals surface area contributed by atoms with Gasteiger partial charge in [-0.05, 0) is 57.7 Å². The number of fused-ring (bicyclic) bond motifs is 1. The van der Waals surface area contributed by atoms with E-state index in [1.54, 1.807) is 32.9 Å². The number of carbonyl (C=O) groups is 3. The van der Waals surface area contributed by atoms with Gasteiger partial charge in [0.1, 0.15) is 0 Å². The minimum atomic E-state index is -3.39. The maximum Gasteiger partial charge on any atom is 0.261 e. The van der Waals surface area contributed by atoms with Crippen molar-refractivity contribution in [2.24, 2.45) is 5.92 Å². The predicted molar refractivity (Wildman–Crippen MR) is 116 cm³/mol. The minimum Gasteiger partial charge on any atom is -0.326 e. The number of hydrogen-bond donors (Lipinski definition) is 2. The van der Waals surface area contributed by atoms with Gasteiger partial charge in [0.05, 0.1) is 15.9 Å². The summed E-state index contributed by atoms with van der Waals surface area (Å²) in [4.78, 5) is 38.3. The quantitative estimate of drug-likeness (QED) is 0.456. The van der Waals surface area contributed by atoms with Crippen LogP contribution in [0.25, 0.3) is 0 Å². The number of nitrogens with zero attached hydrogens (tertiary/aromatic N) is 1. The molecule has 30 heavy (non-hydrogen) atoms. The van der Waals surface area contributed by atoms with Gasteiger partial charge in [-0.15, -0.1) is 0 Å². The molecule has 1 aliphatic rings. The number of unbranched alkanes of at least 4 members (excludes halogenated alkanes) is 1. The standard InChI is InChI=1S/C21H31N3O5S/c1-14(2)13-24-19(26)16-10-9-15(12-17(16)20(24)27)23-18(25)8-6-7-11-22-30(28,29)21(3,4)5/h9-10,12,14,22H,6-8,11,13H2,1-5H3,(H,23,25). The molecule has 0 radical (unpaired) electrons. The van der Waals surface area contributed by atoms with Crippen molar-refractivity contribution >= 4 is 33.4 Å². The molecule has 0 bridgehead atoms. The number of nitrogens with one attached hydrogen (secondary N) is 2. The van der Waals surface area contributed by atoms with Gasteiger partial charge < -0.3 is 5.32 Å². The molecule has 0 fully saturated rings. The third-order valence-electron chi connectivity index (χ3n) is 4.73. The average molecular weight is 438 g/mol. The molecular weight excluding hydrogens is 406 g/mol. The van der Waals surface area contributed by atoms with E-state index in [4.69, 9.17) is 0 Å². The fraction of sp³-hybridized carbons (Fsp3) is 0.571. The first-order chi connectivity index (χ1) is 13.8. The Balaban J connectivity index is 1.86. The summed E-state index contributed by atoms with van der Waals surface area (Å²) in [6, 6.07) is 4.70. The van der Waals surface area contributed by atoms with Gasteiger partial charge in [0, 0.05) is 25.2 Å². The van der Waals surface area contributed by atoms with E-state index in [2.05, 4.69) is 10.0 Å². The summed E-state index contributed by atoms with van der Waals surface area (Å²) in [7, 11) is -3.39. The topological polar surface area (TPSA) is 113 Å². The second-order valence-electron chi connectivity index (χ2n) is 8.89. The third kappa shape index (κ3) is 5.66. The normalized spacial score (nSPS) is 14.4. The molecule has 9 heteroatoms. The maximum absolute atomic E-state index is 12.5. The van der Waals surface area contributed by atoms with Crippen molar-refractivity contribution in [2.45, 2.75) is 58.6 Å². The summed E-state index contributed by atoms with van der Waals surface area (Å²) in [5, 5.41) is 2.73. The summed E-state index contributed by atoms with van der Waals surface area (Å²) < 4.78 is 25.6. The molecule has 0 saturated heterocycles. The van der Waals surface area contributed by atoms with E-state index in [0.717, 1.165) is 0 Å². The van der Waals surface area contributed by atoms with Gasteiger partial charge in [0.2, 0.25) is 15.9 Å². The van der Waals surface area contributed by atoms with Crippen LogP contribution in [0.1, 0.15) is 74.6 Å². The van der Waals surface area contributed by atoms with Gasteiger partial charge in [-0.25, -0.2) is 13.1 Å². The SMILES string of the molecule is CC(C)CN1C(=O)c2ccc(NC(=O)CCCCNS(=O)(=O)C(C)(C)C)cc2C1=O. The molecule has 0 unspecified atom stereocenters. The molecular formula is C21H31N3O5S. The van der Waals surface area contributed by atoms with E-state index < -0.39 is 14.8 Å². The molecule has 166 valence electrons. The van der Waals surface area contributed by atoms with E-state index in [9.17, 15) is 22.8 Å². The largest absolute Gasteiger partial charge is 0.326 e.